The van der Waals surface area contributed by atoms with Gasteiger partial charge in [-0.15, -0.1) is 0 Å². The molecule has 1 aromatic carbocycles. The summed E-state index contributed by atoms with van der Waals surface area (Å²) in [7, 11) is 1.45. The summed E-state index contributed by atoms with van der Waals surface area (Å²) in [4.78, 5) is 22.3. The van der Waals surface area contributed by atoms with Gasteiger partial charge in [-0.1, -0.05) is 17.7 Å². The Kier molecular flexibility index (Phi) is 9.02. The van der Waals surface area contributed by atoms with Crippen molar-refractivity contribution in [2.24, 2.45) is 0 Å². The Morgan fingerprint density at radius 3 is 2.42 bits per heavy atom. The average molecular weight is 301 g/mol. The number of hydrogen-bond donors (Lipinski definition) is 1. The van der Waals surface area contributed by atoms with Gasteiger partial charge >= 0.3 is 35.7 Å². The fourth-order valence-corrected chi connectivity index (χ4v) is 1.76. The van der Waals surface area contributed by atoms with Crippen LogP contribution < -0.4 is 39.6 Å². The molecule has 0 radical (unpaired) electrons. The van der Waals surface area contributed by atoms with E-state index in [1.54, 1.807) is 18.2 Å². The van der Waals surface area contributed by atoms with Crippen LogP contribution in [0.25, 0.3) is 0 Å². The molecule has 0 aromatic heterocycles. The first kappa shape index (κ1) is 20.5. The summed E-state index contributed by atoms with van der Waals surface area (Å²) in [5.41, 5.74) is 0.356. The summed E-state index contributed by atoms with van der Waals surface area (Å²) in [5.74, 6) is -0.140. The van der Waals surface area contributed by atoms with Crippen LogP contribution in [0.5, 0.6) is 5.75 Å². The normalized spacial score (nSPS) is 16.2. The molecule has 1 aliphatic heterocycles. The van der Waals surface area contributed by atoms with Crippen molar-refractivity contribution in [3.05, 3.63) is 28.8 Å². The van der Waals surface area contributed by atoms with Crippen molar-refractivity contribution < 1.29 is 59.6 Å². The molecule has 0 bridgehead atoms. The van der Waals surface area contributed by atoms with Gasteiger partial charge in [0, 0.05) is 0 Å². The molecule has 1 aliphatic rings. The molecule has 2 rings (SSSR count). The number of nitrogens with one attached hydrogen (secondary N) is 1. The van der Waals surface area contributed by atoms with Crippen molar-refractivity contribution in [2.75, 3.05) is 7.11 Å². The molecule has 7 nitrogen and oxygen atoms in total. The van der Waals surface area contributed by atoms with Gasteiger partial charge in [-0.05, 0) is 12.1 Å². The van der Waals surface area contributed by atoms with Gasteiger partial charge in [-0.25, -0.2) is 4.79 Å². The van der Waals surface area contributed by atoms with Gasteiger partial charge in [0.1, 0.15) is 5.75 Å². The van der Waals surface area contributed by atoms with E-state index in [9.17, 15) is 9.59 Å². The van der Waals surface area contributed by atoms with Crippen LogP contribution in [0.4, 0.5) is 4.79 Å². The zero-order valence-corrected chi connectivity index (χ0v) is 13.1. The van der Waals surface area contributed by atoms with Crippen molar-refractivity contribution in [1.29, 1.82) is 0 Å². The fraction of sp³-hybridized carbons (Fsp3) is 0.200. The predicted octanol–water partition coefficient (Wildman–Crippen LogP) is -2.99. The number of rotatable bonds is 2. The summed E-state index contributed by atoms with van der Waals surface area (Å²) in [6, 6.07) is 4.92. The monoisotopic (exact) mass is 300 g/mol. The average Bonchev–Trinajstić information content (AvgIpc) is 2.57. The standard InChI is InChI=1S/C10H8ClNO4.Na.2H2O/c1-15-6-4-2-3-5(11)7(6)8-9(13)12-10(14)16-8;;;/h2-4,8H,1H3,(H,12,13,14);;2*1H2/q;+1;;. The van der Waals surface area contributed by atoms with Crippen molar-refractivity contribution in [1.82, 2.24) is 5.32 Å². The van der Waals surface area contributed by atoms with E-state index in [1.807, 2.05) is 5.32 Å². The number of imide groups is 1. The van der Waals surface area contributed by atoms with E-state index in [-0.39, 0.29) is 40.5 Å². The Hall–Kier alpha value is -0.830. The second kappa shape index (κ2) is 8.36. The summed E-state index contributed by atoms with van der Waals surface area (Å²) in [6.45, 7) is 0. The molecular formula is C10H12ClNNaO6+. The number of cyclic esters (lactones) is 1. The van der Waals surface area contributed by atoms with Crippen LogP contribution in [0.1, 0.15) is 11.7 Å². The van der Waals surface area contributed by atoms with Gasteiger partial charge in [-0.3, -0.25) is 10.1 Å². The van der Waals surface area contributed by atoms with E-state index in [0.29, 0.717) is 16.3 Å². The minimum absolute atomic E-state index is 0. The number of halogens is 1. The molecule has 1 heterocycles. The Labute approximate surface area is 136 Å². The minimum atomic E-state index is -1.05. The van der Waals surface area contributed by atoms with Crippen molar-refractivity contribution in [3.8, 4) is 5.75 Å². The van der Waals surface area contributed by atoms with Crippen LogP contribution in [-0.4, -0.2) is 30.1 Å². The number of benzene rings is 1. The third-order valence-corrected chi connectivity index (χ3v) is 2.51. The SMILES string of the molecule is COc1cccc(Cl)c1C1OC(=O)NC1=O.O.O.[Na+]. The van der Waals surface area contributed by atoms with Gasteiger partial charge in [0.2, 0.25) is 6.10 Å². The number of alkyl carbamates (subject to hydrolysis) is 1. The molecule has 1 atom stereocenters. The van der Waals surface area contributed by atoms with Crippen LogP contribution >= 0.6 is 11.6 Å². The molecular weight excluding hydrogens is 289 g/mol. The maximum absolute atomic E-state index is 11.4. The quantitative estimate of drug-likeness (QED) is 0.584. The van der Waals surface area contributed by atoms with Crippen molar-refractivity contribution in [2.45, 2.75) is 6.10 Å². The third-order valence-electron chi connectivity index (χ3n) is 2.18. The second-order valence-corrected chi connectivity index (χ2v) is 3.54. The number of hydrogen-bond acceptors (Lipinski definition) is 4. The van der Waals surface area contributed by atoms with E-state index in [1.165, 1.54) is 7.11 Å². The number of carbonyl (C=O) groups excluding carboxylic acids is 2. The van der Waals surface area contributed by atoms with Gasteiger partial charge < -0.3 is 20.4 Å². The minimum Gasteiger partial charge on any atom is -0.496 e. The summed E-state index contributed by atoms with van der Waals surface area (Å²) >= 11 is 5.95. The van der Waals surface area contributed by atoms with Crippen LogP contribution in [0, 0.1) is 0 Å². The Bertz CT molecular complexity index is 469. The van der Waals surface area contributed by atoms with Gasteiger partial charge in [0.05, 0.1) is 17.7 Å². The Balaban J connectivity index is 0. The molecule has 2 amide bonds. The summed E-state index contributed by atoms with van der Waals surface area (Å²) < 4.78 is 9.89. The van der Waals surface area contributed by atoms with E-state index in [0.717, 1.165) is 0 Å². The molecule has 19 heavy (non-hydrogen) atoms. The summed E-state index contributed by atoms with van der Waals surface area (Å²) in [6.07, 6.45) is -1.83. The van der Waals surface area contributed by atoms with E-state index < -0.39 is 18.1 Å². The van der Waals surface area contributed by atoms with Gasteiger partial charge in [0.15, 0.2) is 0 Å². The first-order valence-electron chi connectivity index (χ1n) is 4.47. The summed E-state index contributed by atoms with van der Waals surface area (Å²) in [5, 5.41) is 2.34. The van der Waals surface area contributed by atoms with Crippen LogP contribution in [0.15, 0.2) is 18.2 Å². The van der Waals surface area contributed by atoms with Gasteiger partial charge in [0.25, 0.3) is 5.91 Å². The molecule has 1 fully saturated rings. The first-order chi connectivity index (χ1) is 7.63. The maximum atomic E-state index is 11.4. The second-order valence-electron chi connectivity index (χ2n) is 3.13. The third kappa shape index (κ3) is 4.07. The predicted molar refractivity (Wildman–Crippen MR) is 62.6 cm³/mol. The van der Waals surface area contributed by atoms with Crippen molar-refractivity contribution >= 4 is 23.6 Å². The molecule has 9 heteroatoms. The largest absolute Gasteiger partial charge is 1.00 e. The topological polar surface area (TPSA) is 128 Å². The van der Waals surface area contributed by atoms with E-state index >= 15 is 0 Å². The van der Waals surface area contributed by atoms with Crippen LogP contribution in [0.2, 0.25) is 5.02 Å². The van der Waals surface area contributed by atoms with E-state index in [2.05, 4.69) is 0 Å². The molecule has 1 saturated heterocycles. The molecule has 1 unspecified atom stereocenters. The fourth-order valence-electron chi connectivity index (χ4n) is 1.50. The molecule has 5 N–H and O–H groups in total. The molecule has 100 valence electrons. The molecule has 0 saturated carbocycles. The zero-order chi connectivity index (χ0) is 11.7. The smallest absolute Gasteiger partial charge is 0.496 e. The zero-order valence-electron chi connectivity index (χ0n) is 10.3. The number of carbonyl (C=O) groups is 2. The maximum Gasteiger partial charge on any atom is 1.00 e. The van der Waals surface area contributed by atoms with Crippen LogP contribution in [-0.2, 0) is 9.53 Å². The van der Waals surface area contributed by atoms with Crippen molar-refractivity contribution in [3.63, 3.8) is 0 Å². The molecule has 1 aromatic rings. The van der Waals surface area contributed by atoms with E-state index in [4.69, 9.17) is 21.1 Å². The Morgan fingerprint density at radius 1 is 1.32 bits per heavy atom. The Morgan fingerprint density at radius 2 is 1.95 bits per heavy atom. The first-order valence-corrected chi connectivity index (χ1v) is 4.85. The molecule has 0 aliphatic carbocycles. The number of methoxy groups -OCH3 is 1. The molecule has 0 spiro atoms. The van der Waals surface area contributed by atoms with Crippen LogP contribution in [0.3, 0.4) is 0 Å². The number of amides is 2. The van der Waals surface area contributed by atoms with Gasteiger partial charge in [-0.2, -0.15) is 0 Å². The number of ether oxygens (including phenoxy) is 2.